The van der Waals surface area contributed by atoms with E-state index < -0.39 is 5.60 Å². The van der Waals surface area contributed by atoms with Gasteiger partial charge in [0, 0.05) is 54.7 Å². The first-order chi connectivity index (χ1) is 11.7. The van der Waals surface area contributed by atoms with Crippen LogP contribution in [0.4, 0.5) is 0 Å². The summed E-state index contributed by atoms with van der Waals surface area (Å²) in [6.07, 6.45) is 12.3. The molecule has 0 bridgehead atoms. The van der Waals surface area contributed by atoms with Crippen LogP contribution in [-0.4, -0.2) is 31.1 Å². The van der Waals surface area contributed by atoms with E-state index in [9.17, 15) is 5.11 Å². The van der Waals surface area contributed by atoms with Crippen LogP contribution in [-0.2, 0) is 12.1 Å². The molecule has 0 atom stereocenters. The number of aliphatic hydroxyl groups is 1. The standard InChI is InChI=1S/C18H21N5O/c24-18(14-2-1-7-19-12-14)5-3-15(4-6-18)22-10-13-11-23-17-16(13)20-8-9-21-17/h1-2,7-9,11-12,15,22,24H,3-6,10H2,(H,21,23). The molecule has 3 heterocycles. The highest BCUT2D eigenvalue weighted by Gasteiger charge is 2.34. The van der Waals surface area contributed by atoms with Crippen molar-refractivity contribution in [2.75, 3.05) is 0 Å². The molecule has 0 aliphatic heterocycles. The Labute approximate surface area is 140 Å². The van der Waals surface area contributed by atoms with Crippen LogP contribution in [0.15, 0.2) is 43.1 Å². The summed E-state index contributed by atoms with van der Waals surface area (Å²) in [4.78, 5) is 15.9. The molecule has 3 N–H and O–H groups in total. The Bertz CT molecular complexity index is 808. The maximum atomic E-state index is 10.9. The summed E-state index contributed by atoms with van der Waals surface area (Å²) in [5, 5.41) is 14.5. The Morgan fingerprint density at radius 3 is 2.83 bits per heavy atom. The van der Waals surface area contributed by atoms with Gasteiger partial charge in [0.15, 0.2) is 5.65 Å². The Balaban J connectivity index is 1.37. The number of H-pyrrole nitrogens is 1. The number of aromatic amines is 1. The number of pyridine rings is 1. The van der Waals surface area contributed by atoms with Crippen molar-refractivity contribution in [1.82, 2.24) is 25.3 Å². The number of rotatable bonds is 4. The second-order valence-corrected chi connectivity index (χ2v) is 6.50. The van der Waals surface area contributed by atoms with E-state index in [1.165, 1.54) is 0 Å². The second kappa shape index (κ2) is 6.30. The molecule has 1 aliphatic rings. The van der Waals surface area contributed by atoms with Gasteiger partial charge in [-0.15, -0.1) is 0 Å². The van der Waals surface area contributed by atoms with Gasteiger partial charge in [-0.1, -0.05) is 6.07 Å². The van der Waals surface area contributed by atoms with Crippen molar-refractivity contribution in [3.05, 3.63) is 54.2 Å². The lowest BCUT2D eigenvalue weighted by molar-refractivity contribution is -0.00874. The molecule has 0 amide bonds. The minimum atomic E-state index is -0.737. The molecule has 3 aromatic rings. The van der Waals surface area contributed by atoms with E-state index in [4.69, 9.17) is 0 Å². The van der Waals surface area contributed by atoms with Gasteiger partial charge in [-0.05, 0) is 31.7 Å². The quantitative estimate of drug-likeness (QED) is 0.686. The first kappa shape index (κ1) is 15.2. The minimum absolute atomic E-state index is 0.406. The topological polar surface area (TPSA) is 86.7 Å². The highest BCUT2D eigenvalue weighted by molar-refractivity contribution is 5.74. The maximum Gasteiger partial charge on any atom is 0.156 e. The zero-order chi connectivity index (χ0) is 16.4. The molecule has 1 aliphatic carbocycles. The molecule has 6 heteroatoms. The molecule has 4 rings (SSSR count). The number of fused-ring (bicyclic) bond motifs is 1. The summed E-state index contributed by atoms with van der Waals surface area (Å²) in [5.41, 5.74) is 3.07. The van der Waals surface area contributed by atoms with Crippen molar-refractivity contribution >= 4 is 11.2 Å². The van der Waals surface area contributed by atoms with E-state index in [-0.39, 0.29) is 0 Å². The highest BCUT2D eigenvalue weighted by Crippen LogP contribution is 2.36. The van der Waals surface area contributed by atoms with Crippen molar-refractivity contribution < 1.29 is 5.11 Å². The number of aromatic nitrogens is 4. The normalized spacial score (nSPS) is 24.3. The molecule has 6 nitrogen and oxygen atoms in total. The Kier molecular flexibility index (Phi) is 4.00. The molecule has 0 radical (unpaired) electrons. The number of nitrogens with zero attached hydrogens (tertiary/aromatic N) is 3. The predicted molar refractivity (Wildman–Crippen MR) is 91.1 cm³/mol. The van der Waals surface area contributed by atoms with Gasteiger partial charge >= 0.3 is 0 Å². The minimum Gasteiger partial charge on any atom is -0.385 e. The lowest BCUT2D eigenvalue weighted by atomic mass is 9.78. The largest absolute Gasteiger partial charge is 0.385 e. The van der Waals surface area contributed by atoms with E-state index in [2.05, 4.69) is 25.3 Å². The lowest BCUT2D eigenvalue weighted by Crippen LogP contribution is -2.39. The smallest absolute Gasteiger partial charge is 0.156 e. The molecule has 1 saturated carbocycles. The van der Waals surface area contributed by atoms with Crippen LogP contribution in [0.3, 0.4) is 0 Å². The third kappa shape index (κ3) is 2.90. The molecule has 3 aromatic heterocycles. The summed E-state index contributed by atoms with van der Waals surface area (Å²) in [6.45, 7) is 0.759. The third-order valence-electron chi connectivity index (χ3n) is 4.98. The molecular formula is C18H21N5O. The van der Waals surface area contributed by atoms with E-state index in [1.54, 1.807) is 24.8 Å². The van der Waals surface area contributed by atoms with Gasteiger partial charge in [0.05, 0.1) is 5.60 Å². The molecule has 124 valence electrons. The lowest BCUT2D eigenvalue weighted by Gasteiger charge is -2.36. The van der Waals surface area contributed by atoms with Crippen LogP contribution in [0.25, 0.3) is 11.2 Å². The zero-order valence-corrected chi connectivity index (χ0v) is 13.4. The van der Waals surface area contributed by atoms with Crippen LogP contribution in [0.2, 0.25) is 0 Å². The van der Waals surface area contributed by atoms with Crippen LogP contribution >= 0.6 is 0 Å². The fourth-order valence-corrected chi connectivity index (χ4v) is 3.52. The van der Waals surface area contributed by atoms with Crippen molar-refractivity contribution in [2.24, 2.45) is 0 Å². The SMILES string of the molecule is OC1(c2cccnc2)CCC(NCc2c[nH]c3nccnc23)CC1. The Morgan fingerprint density at radius 2 is 2.04 bits per heavy atom. The second-order valence-electron chi connectivity index (χ2n) is 6.50. The molecule has 24 heavy (non-hydrogen) atoms. The monoisotopic (exact) mass is 323 g/mol. The average molecular weight is 323 g/mol. The summed E-state index contributed by atoms with van der Waals surface area (Å²) in [7, 11) is 0. The predicted octanol–water partition coefficient (Wildman–Crippen LogP) is 2.27. The highest BCUT2D eigenvalue weighted by atomic mass is 16.3. The number of hydrogen-bond acceptors (Lipinski definition) is 5. The van der Waals surface area contributed by atoms with Crippen molar-refractivity contribution in [1.29, 1.82) is 0 Å². The van der Waals surface area contributed by atoms with Gasteiger partial charge in [0.1, 0.15) is 5.52 Å². The van der Waals surface area contributed by atoms with Gasteiger partial charge in [-0.25, -0.2) is 4.98 Å². The summed E-state index contributed by atoms with van der Waals surface area (Å²) in [5.74, 6) is 0. The van der Waals surface area contributed by atoms with Crippen molar-refractivity contribution in [3.63, 3.8) is 0 Å². The average Bonchev–Trinajstić information content (AvgIpc) is 3.05. The zero-order valence-electron chi connectivity index (χ0n) is 13.4. The number of hydrogen-bond donors (Lipinski definition) is 3. The Morgan fingerprint density at radius 1 is 1.21 bits per heavy atom. The Hall–Kier alpha value is -2.31. The van der Waals surface area contributed by atoms with E-state index >= 15 is 0 Å². The third-order valence-corrected chi connectivity index (χ3v) is 4.98. The molecular weight excluding hydrogens is 302 g/mol. The van der Waals surface area contributed by atoms with Gasteiger partial charge in [0.2, 0.25) is 0 Å². The van der Waals surface area contributed by atoms with Crippen LogP contribution < -0.4 is 5.32 Å². The first-order valence-electron chi connectivity index (χ1n) is 8.38. The van der Waals surface area contributed by atoms with Crippen LogP contribution in [0, 0.1) is 0 Å². The van der Waals surface area contributed by atoms with Crippen molar-refractivity contribution in [2.45, 2.75) is 43.9 Å². The maximum absolute atomic E-state index is 10.9. The summed E-state index contributed by atoms with van der Waals surface area (Å²) in [6, 6.07) is 4.25. The fraction of sp³-hybridized carbons (Fsp3) is 0.389. The van der Waals surface area contributed by atoms with E-state index in [0.29, 0.717) is 6.04 Å². The van der Waals surface area contributed by atoms with Gasteiger partial charge in [0.25, 0.3) is 0 Å². The van der Waals surface area contributed by atoms with Gasteiger partial charge < -0.3 is 15.4 Å². The number of nitrogens with one attached hydrogen (secondary N) is 2. The molecule has 0 unspecified atom stereocenters. The fourth-order valence-electron chi connectivity index (χ4n) is 3.52. The van der Waals surface area contributed by atoms with Gasteiger partial charge in [-0.3, -0.25) is 9.97 Å². The van der Waals surface area contributed by atoms with Crippen LogP contribution in [0.1, 0.15) is 36.8 Å². The van der Waals surface area contributed by atoms with E-state index in [0.717, 1.165) is 54.5 Å². The first-order valence-corrected chi connectivity index (χ1v) is 8.38. The van der Waals surface area contributed by atoms with E-state index in [1.807, 2.05) is 18.3 Å². The molecule has 1 fully saturated rings. The molecule has 0 saturated heterocycles. The van der Waals surface area contributed by atoms with Crippen molar-refractivity contribution in [3.8, 4) is 0 Å². The summed E-state index contributed by atoms with van der Waals surface area (Å²) >= 11 is 0. The van der Waals surface area contributed by atoms with Crippen LogP contribution in [0.5, 0.6) is 0 Å². The van der Waals surface area contributed by atoms with Gasteiger partial charge in [-0.2, -0.15) is 0 Å². The summed E-state index contributed by atoms with van der Waals surface area (Å²) < 4.78 is 0. The molecule has 0 spiro atoms. The molecule has 0 aromatic carbocycles.